The number of ether oxygens (including phenoxy) is 2. The third-order valence-electron chi connectivity index (χ3n) is 6.59. The Morgan fingerprint density at radius 2 is 1.39 bits per heavy atom. The molecule has 1 aliphatic carbocycles. The van der Waals surface area contributed by atoms with Gasteiger partial charge in [0, 0.05) is 37.8 Å². The summed E-state index contributed by atoms with van der Waals surface area (Å²) in [5, 5.41) is 3.90. The molecule has 2 heterocycles. The first-order valence-corrected chi connectivity index (χ1v) is 12.2. The van der Waals surface area contributed by atoms with Gasteiger partial charge >= 0.3 is 12.2 Å². The van der Waals surface area contributed by atoms with Gasteiger partial charge in [0.2, 0.25) is 0 Å². The van der Waals surface area contributed by atoms with E-state index in [1.807, 2.05) is 51.3 Å². The molecule has 7 heteroatoms. The first-order chi connectivity index (χ1) is 14.4. The summed E-state index contributed by atoms with van der Waals surface area (Å²) < 4.78 is 11.2. The van der Waals surface area contributed by atoms with E-state index >= 15 is 0 Å². The fourth-order valence-electron chi connectivity index (χ4n) is 5.30. The molecule has 7 nitrogen and oxygen atoms in total. The summed E-state index contributed by atoms with van der Waals surface area (Å²) in [6.45, 7) is 13.8. The van der Waals surface area contributed by atoms with E-state index < -0.39 is 11.2 Å². The van der Waals surface area contributed by atoms with Crippen LogP contribution in [-0.2, 0) is 9.47 Å². The second-order valence-electron chi connectivity index (χ2n) is 11.5. The number of carbonyl (C=O) groups excluding carboxylic acids is 2. The number of hydrogen-bond acceptors (Lipinski definition) is 5. The van der Waals surface area contributed by atoms with Crippen molar-refractivity contribution in [1.82, 2.24) is 15.1 Å². The van der Waals surface area contributed by atoms with E-state index in [9.17, 15) is 9.59 Å². The second-order valence-corrected chi connectivity index (χ2v) is 11.5. The van der Waals surface area contributed by atoms with Crippen molar-refractivity contribution in [2.45, 2.75) is 116 Å². The van der Waals surface area contributed by atoms with Gasteiger partial charge in [-0.3, -0.25) is 0 Å². The van der Waals surface area contributed by atoms with Crippen LogP contribution in [0.3, 0.4) is 0 Å². The molecule has 3 rings (SSSR count). The maximum absolute atomic E-state index is 12.8. The van der Waals surface area contributed by atoms with Gasteiger partial charge in [-0.25, -0.2) is 9.59 Å². The minimum atomic E-state index is -0.459. The molecule has 0 bridgehead atoms. The average molecular weight is 438 g/mol. The van der Waals surface area contributed by atoms with Crippen molar-refractivity contribution in [1.29, 1.82) is 0 Å². The number of carbonyl (C=O) groups is 2. The maximum atomic E-state index is 12.8. The van der Waals surface area contributed by atoms with Crippen LogP contribution < -0.4 is 5.32 Å². The molecular weight excluding hydrogens is 394 g/mol. The lowest BCUT2D eigenvalue weighted by atomic mass is 9.91. The quantitative estimate of drug-likeness (QED) is 0.702. The van der Waals surface area contributed by atoms with Crippen LogP contribution in [0.4, 0.5) is 9.59 Å². The summed E-state index contributed by atoms with van der Waals surface area (Å²) >= 11 is 0. The van der Waals surface area contributed by atoms with E-state index in [1.54, 1.807) is 0 Å². The Hall–Kier alpha value is -1.50. The smallest absolute Gasteiger partial charge is 0.410 e. The molecule has 0 radical (unpaired) electrons. The Morgan fingerprint density at radius 3 is 2.00 bits per heavy atom. The Balaban J connectivity index is 1.52. The SMILES string of the molecule is CC(C)(C)OC(=O)N1CCC(NC2CCCC2C2CCCN2C(=O)OC(C)(C)C)CC1. The van der Waals surface area contributed by atoms with E-state index in [0.717, 1.165) is 51.7 Å². The van der Waals surface area contributed by atoms with Crippen LogP contribution in [0.1, 0.15) is 86.5 Å². The molecular formula is C24H43N3O4. The molecule has 2 amide bonds. The molecule has 3 atom stereocenters. The number of nitrogens with one attached hydrogen (secondary N) is 1. The van der Waals surface area contributed by atoms with Gasteiger partial charge < -0.3 is 24.6 Å². The van der Waals surface area contributed by atoms with Crippen LogP contribution in [0, 0.1) is 5.92 Å². The van der Waals surface area contributed by atoms with Crippen molar-refractivity contribution in [2.24, 2.45) is 5.92 Å². The number of hydrogen-bond donors (Lipinski definition) is 1. The van der Waals surface area contributed by atoms with E-state index in [0.29, 0.717) is 18.0 Å². The highest BCUT2D eigenvalue weighted by Crippen LogP contribution is 2.37. The number of likely N-dealkylation sites (tertiary alicyclic amines) is 2. The number of amides is 2. The predicted molar refractivity (Wildman–Crippen MR) is 121 cm³/mol. The van der Waals surface area contributed by atoms with Gasteiger partial charge in [-0.05, 0) is 86.0 Å². The van der Waals surface area contributed by atoms with E-state index in [2.05, 4.69) is 5.32 Å². The standard InChI is InChI=1S/C24H43N3O4/c1-23(2,3)30-21(28)26-15-12-17(13-16-26)25-19-10-7-9-18(19)20-11-8-14-27(20)22(29)31-24(4,5)6/h17-20,25H,7-16H2,1-6H3. The molecule has 3 unspecified atom stereocenters. The lowest BCUT2D eigenvalue weighted by Gasteiger charge is -2.38. The van der Waals surface area contributed by atoms with Crippen molar-refractivity contribution >= 4 is 12.2 Å². The van der Waals surface area contributed by atoms with Crippen molar-refractivity contribution in [3.63, 3.8) is 0 Å². The third-order valence-corrected chi connectivity index (χ3v) is 6.59. The lowest BCUT2D eigenvalue weighted by molar-refractivity contribution is 0.0159. The monoisotopic (exact) mass is 437 g/mol. The van der Waals surface area contributed by atoms with Crippen LogP contribution in [0.15, 0.2) is 0 Å². The van der Waals surface area contributed by atoms with Crippen LogP contribution in [0.25, 0.3) is 0 Å². The van der Waals surface area contributed by atoms with Gasteiger partial charge in [-0.1, -0.05) is 6.42 Å². The largest absolute Gasteiger partial charge is 0.444 e. The van der Waals surface area contributed by atoms with Gasteiger partial charge in [0.25, 0.3) is 0 Å². The zero-order valence-electron chi connectivity index (χ0n) is 20.4. The molecule has 178 valence electrons. The Kier molecular flexibility index (Phi) is 7.44. The van der Waals surface area contributed by atoms with E-state index in [1.165, 1.54) is 12.8 Å². The minimum absolute atomic E-state index is 0.161. The summed E-state index contributed by atoms with van der Waals surface area (Å²) in [5.74, 6) is 0.485. The zero-order chi connectivity index (χ0) is 22.8. The first kappa shape index (κ1) is 24.1. The molecule has 2 aliphatic heterocycles. The molecule has 1 N–H and O–H groups in total. The van der Waals surface area contributed by atoms with Crippen molar-refractivity contribution in [3.8, 4) is 0 Å². The Bertz CT molecular complexity index is 632. The molecule has 3 fully saturated rings. The molecule has 2 saturated heterocycles. The molecule has 0 spiro atoms. The van der Waals surface area contributed by atoms with Crippen molar-refractivity contribution in [2.75, 3.05) is 19.6 Å². The normalized spacial score (nSPS) is 28.1. The van der Waals surface area contributed by atoms with Crippen LogP contribution in [-0.4, -0.2) is 70.9 Å². The van der Waals surface area contributed by atoms with Gasteiger partial charge in [0.15, 0.2) is 0 Å². The highest BCUT2D eigenvalue weighted by atomic mass is 16.6. The average Bonchev–Trinajstić information content (AvgIpc) is 3.28. The van der Waals surface area contributed by atoms with Gasteiger partial charge in [-0.15, -0.1) is 0 Å². The fraction of sp³-hybridized carbons (Fsp3) is 0.917. The van der Waals surface area contributed by atoms with Crippen molar-refractivity contribution < 1.29 is 19.1 Å². The zero-order valence-corrected chi connectivity index (χ0v) is 20.4. The summed E-state index contributed by atoms with van der Waals surface area (Å²) in [7, 11) is 0. The summed E-state index contributed by atoms with van der Waals surface area (Å²) in [6, 6.07) is 1.13. The third kappa shape index (κ3) is 6.74. The van der Waals surface area contributed by atoms with E-state index in [-0.39, 0.29) is 18.2 Å². The molecule has 0 aromatic carbocycles. The maximum Gasteiger partial charge on any atom is 0.410 e. The molecule has 1 saturated carbocycles. The second kappa shape index (κ2) is 9.55. The highest BCUT2D eigenvalue weighted by Gasteiger charge is 2.42. The lowest BCUT2D eigenvalue weighted by Crippen LogP contribution is -2.52. The Morgan fingerprint density at radius 1 is 0.774 bits per heavy atom. The summed E-state index contributed by atoms with van der Waals surface area (Å²) in [5.41, 5.74) is -0.912. The molecule has 3 aliphatic rings. The molecule has 31 heavy (non-hydrogen) atoms. The van der Waals surface area contributed by atoms with Gasteiger partial charge in [-0.2, -0.15) is 0 Å². The summed E-state index contributed by atoms with van der Waals surface area (Å²) in [4.78, 5) is 28.9. The fourth-order valence-corrected chi connectivity index (χ4v) is 5.30. The number of piperidine rings is 1. The predicted octanol–water partition coefficient (Wildman–Crippen LogP) is 4.54. The van der Waals surface area contributed by atoms with Crippen LogP contribution >= 0.6 is 0 Å². The van der Waals surface area contributed by atoms with Crippen LogP contribution in [0.2, 0.25) is 0 Å². The summed E-state index contributed by atoms with van der Waals surface area (Å²) in [6.07, 6.45) is 7.19. The minimum Gasteiger partial charge on any atom is -0.444 e. The van der Waals surface area contributed by atoms with Gasteiger partial charge in [0.1, 0.15) is 11.2 Å². The number of rotatable bonds is 3. The molecule has 0 aromatic rings. The van der Waals surface area contributed by atoms with Gasteiger partial charge in [0.05, 0.1) is 0 Å². The van der Waals surface area contributed by atoms with E-state index in [4.69, 9.17) is 9.47 Å². The number of nitrogens with zero attached hydrogens (tertiary/aromatic N) is 2. The topological polar surface area (TPSA) is 71.1 Å². The highest BCUT2D eigenvalue weighted by molar-refractivity contribution is 5.69. The Labute approximate surface area is 188 Å². The first-order valence-electron chi connectivity index (χ1n) is 12.2. The van der Waals surface area contributed by atoms with Crippen molar-refractivity contribution in [3.05, 3.63) is 0 Å². The van der Waals surface area contributed by atoms with Crippen LogP contribution in [0.5, 0.6) is 0 Å². The molecule has 0 aromatic heterocycles.